The number of aliphatic hydroxyl groups excluding tert-OH is 2. The third kappa shape index (κ3) is 3.30. The zero-order chi connectivity index (χ0) is 13.2. The van der Waals surface area contributed by atoms with Gasteiger partial charge < -0.3 is 10.2 Å². The second-order valence-electron chi connectivity index (χ2n) is 5.09. The average molecular weight is 236 g/mol. The number of hydrogen-bond acceptors (Lipinski definition) is 2. The summed E-state index contributed by atoms with van der Waals surface area (Å²) in [4.78, 5) is 0. The van der Waals surface area contributed by atoms with Gasteiger partial charge >= 0.3 is 0 Å². The highest BCUT2D eigenvalue weighted by Crippen LogP contribution is 2.23. The van der Waals surface area contributed by atoms with Crippen LogP contribution in [0.3, 0.4) is 0 Å². The van der Waals surface area contributed by atoms with E-state index >= 15 is 0 Å². The molecule has 2 nitrogen and oxygen atoms in total. The van der Waals surface area contributed by atoms with Crippen LogP contribution in [-0.2, 0) is 6.42 Å². The Morgan fingerprint density at radius 2 is 1.47 bits per heavy atom. The molecule has 0 aliphatic carbocycles. The standard InChI is InChI=1S/C15H24O2/c1-9-8-10(2)12(4)14(11(9)3)6-7-15(17)13(5)16/h8,13,15-17H,6-7H2,1-5H3. The van der Waals surface area contributed by atoms with Crippen molar-refractivity contribution in [3.8, 4) is 0 Å². The fourth-order valence-electron chi connectivity index (χ4n) is 2.21. The Morgan fingerprint density at radius 1 is 1.00 bits per heavy atom. The fourth-order valence-corrected chi connectivity index (χ4v) is 2.21. The molecular formula is C15H24O2. The molecule has 0 fully saturated rings. The van der Waals surface area contributed by atoms with Crippen molar-refractivity contribution in [3.05, 3.63) is 33.9 Å². The highest BCUT2D eigenvalue weighted by atomic mass is 16.3. The van der Waals surface area contributed by atoms with E-state index < -0.39 is 12.2 Å². The molecule has 0 aliphatic heterocycles. The second kappa shape index (κ2) is 5.65. The van der Waals surface area contributed by atoms with Crippen molar-refractivity contribution in [3.63, 3.8) is 0 Å². The van der Waals surface area contributed by atoms with Crippen LogP contribution in [0.1, 0.15) is 41.2 Å². The molecule has 0 amide bonds. The van der Waals surface area contributed by atoms with Crippen LogP contribution in [0.5, 0.6) is 0 Å². The maximum atomic E-state index is 9.66. The zero-order valence-electron chi connectivity index (χ0n) is 11.5. The summed E-state index contributed by atoms with van der Waals surface area (Å²) in [6.45, 7) is 10.1. The van der Waals surface area contributed by atoms with Gasteiger partial charge in [-0.15, -0.1) is 0 Å². The molecule has 0 aliphatic rings. The van der Waals surface area contributed by atoms with E-state index in [0.717, 1.165) is 6.42 Å². The maximum Gasteiger partial charge on any atom is 0.0799 e. The first kappa shape index (κ1) is 14.2. The van der Waals surface area contributed by atoms with Crippen molar-refractivity contribution in [1.82, 2.24) is 0 Å². The first-order valence-electron chi connectivity index (χ1n) is 6.27. The topological polar surface area (TPSA) is 40.5 Å². The molecular weight excluding hydrogens is 212 g/mol. The molecule has 2 N–H and O–H groups in total. The number of rotatable bonds is 4. The lowest BCUT2D eigenvalue weighted by molar-refractivity contribution is 0.0264. The largest absolute Gasteiger partial charge is 0.391 e. The van der Waals surface area contributed by atoms with Gasteiger partial charge in [-0.2, -0.15) is 0 Å². The van der Waals surface area contributed by atoms with Crippen molar-refractivity contribution in [1.29, 1.82) is 0 Å². The fraction of sp³-hybridized carbons (Fsp3) is 0.600. The molecule has 17 heavy (non-hydrogen) atoms. The molecule has 2 atom stereocenters. The van der Waals surface area contributed by atoms with Crippen molar-refractivity contribution >= 4 is 0 Å². The second-order valence-corrected chi connectivity index (χ2v) is 5.09. The van der Waals surface area contributed by atoms with Gasteiger partial charge in [-0.25, -0.2) is 0 Å². The van der Waals surface area contributed by atoms with Gasteiger partial charge in [-0.05, 0) is 75.3 Å². The predicted octanol–water partition coefficient (Wildman–Crippen LogP) is 2.59. The number of benzene rings is 1. The SMILES string of the molecule is Cc1cc(C)c(C)c(CCC(O)C(C)O)c1C. The summed E-state index contributed by atoms with van der Waals surface area (Å²) in [7, 11) is 0. The molecule has 0 bridgehead atoms. The maximum absolute atomic E-state index is 9.66. The van der Waals surface area contributed by atoms with E-state index in [1.165, 1.54) is 27.8 Å². The van der Waals surface area contributed by atoms with E-state index in [9.17, 15) is 10.2 Å². The van der Waals surface area contributed by atoms with E-state index in [-0.39, 0.29) is 0 Å². The molecule has 0 spiro atoms. The van der Waals surface area contributed by atoms with E-state index in [1.54, 1.807) is 6.92 Å². The lowest BCUT2D eigenvalue weighted by Crippen LogP contribution is -2.23. The van der Waals surface area contributed by atoms with Crippen LogP contribution in [0, 0.1) is 27.7 Å². The summed E-state index contributed by atoms with van der Waals surface area (Å²) in [5, 5.41) is 19.0. The highest BCUT2D eigenvalue weighted by molar-refractivity contribution is 5.44. The number of hydrogen-bond donors (Lipinski definition) is 2. The average Bonchev–Trinajstić information content (AvgIpc) is 2.26. The summed E-state index contributed by atoms with van der Waals surface area (Å²) in [5.41, 5.74) is 6.54. The van der Waals surface area contributed by atoms with Crippen molar-refractivity contribution in [2.24, 2.45) is 0 Å². The third-order valence-electron chi connectivity index (χ3n) is 3.77. The Bertz CT molecular complexity index is 368. The number of aliphatic hydroxyl groups is 2. The summed E-state index contributed by atoms with van der Waals surface area (Å²) in [5.74, 6) is 0. The van der Waals surface area contributed by atoms with Crippen LogP contribution in [0.4, 0.5) is 0 Å². The van der Waals surface area contributed by atoms with Gasteiger partial charge in [0.15, 0.2) is 0 Å². The predicted molar refractivity (Wildman–Crippen MR) is 71.4 cm³/mol. The molecule has 0 saturated heterocycles. The van der Waals surface area contributed by atoms with Gasteiger partial charge in [0.1, 0.15) is 0 Å². The summed E-state index contributed by atoms with van der Waals surface area (Å²) in [6, 6.07) is 2.21. The minimum Gasteiger partial charge on any atom is -0.391 e. The van der Waals surface area contributed by atoms with Gasteiger partial charge in [0.25, 0.3) is 0 Å². The van der Waals surface area contributed by atoms with Gasteiger partial charge in [0, 0.05) is 0 Å². The number of aryl methyl sites for hydroxylation is 2. The molecule has 2 heteroatoms. The summed E-state index contributed by atoms with van der Waals surface area (Å²) in [6.07, 6.45) is 0.158. The molecule has 0 heterocycles. The van der Waals surface area contributed by atoms with Gasteiger partial charge in [0.05, 0.1) is 12.2 Å². The normalized spacial score (nSPS) is 14.8. The summed E-state index contributed by atoms with van der Waals surface area (Å²) >= 11 is 0. The van der Waals surface area contributed by atoms with Crippen LogP contribution < -0.4 is 0 Å². The van der Waals surface area contributed by atoms with Crippen molar-refractivity contribution in [2.45, 2.75) is 59.7 Å². The molecule has 96 valence electrons. The Labute approximate surface area is 104 Å². The molecule has 0 saturated carbocycles. The monoisotopic (exact) mass is 236 g/mol. The highest BCUT2D eigenvalue weighted by Gasteiger charge is 2.14. The van der Waals surface area contributed by atoms with Crippen LogP contribution in [-0.4, -0.2) is 22.4 Å². The first-order valence-corrected chi connectivity index (χ1v) is 6.27. The summed E-state index contributed by atoms with van der Waals surface area (Å²) < 4.78 is 0. The van der Waals surface area contributed by atoms with E-state index in [0.29, 0.717) is 6.42 Å². The van der Waals surface area contributed by atoms with Gasteiger partial charge in [0.2, 0.25) is 0 Å². The Morgan fingerprint density at radius 3 is 1.88 bits per heavy atom. The lowest BCUT2D eigenvalue weighted by Gasteiger charge is -2.18. The minimum absolute atomic E-state index is 0.613. The van der Waals surface area contributed by atoms with Crippen molar-refractivity contribution in [2.75, 3.05) is 0 Å². The Kier molecular flexibility index (Phi) is 4.72. The van der Waals surface area contributed by atoms with Gasteiger partial charge in [-0.1, -0.05) is 6.07 Å². The van der Waals surface area contributed by atoms with Crippen LogP contribution >= 0.6 is 0 Å². The molecule has 0 aromatic heterocycles. The van der Waals surface area contributed by atoms with E-state index in [2.05, 4.69) is 33.8 Å². The quantitative estimate of drug-likeness (QED) is 0.843. The smallest absolute Gasteiger partial charge is 0.0799 e. The molecule has 2 unspecified atom stereocenters. The van der Waals surface area contributed by atoms with Crippen molar-refractivity contribution < 1.29 is 10.2 Å². The molecule has 1 rings (SSSR count). The van der Waals surface area contributed by atoms with Gasteiger partial charge in [-0.3, -0.25) is 0 Å². The minimum atomic E-state index is -0.651. The third-order valence-corrected chi connectivity index (χ3v) is 3.77. The van der Waals surface area contributed by atoms with Crippen LogP contribution in [0.2, 0.25) is 0 Å². The first-order chi connectivity index (χ1) is 7.84. The van der Waals surface area contributed by atoms with Crippen LogP contribution in [0.25, 0.3) is 0 Å². The molecule has 0 radical (unpaired) electrons. The molecule has 1 aromatic carbocycles. The van der Waals surface area contributed by atoms with E-state index in [1.807, 2.05) is 0 Å². The van der Waals surface area contributed by atoms with Crippen LogP contribution in [0.15, 0.2) is 6.07 Å². The Balaban J connectivity index is 2.91. The van der Waals surface area contributed by atoms with E-state index in [4.69, 9.17) is 0 Å². The zero-order valence-corrected chi connectivity index (χ0v) is 11.5. The molecule has 1 aromatic rings. The Hall–Kier alpha value is -0.860. The lowest BCUT2D eigenvalue weighted by atomic mass is 9.90.